The zero-order valence-electron chi connectivity index (χ0n) is 21.0. The maximum Gasteiger partial charge on any atom is 0.343 e. The van der Waals surface area contributed by atoms with Crippen LogP contribution in [-0.2, 0) is 4.79 Å². The second kappa shape index (κ2) is 13.2. The molecule has 0 spiro atoms. The lowest BCUT2D eigenvalue weighted by Gasteiger charge is -2.08. The molecule has 0 aliphatic rings. The van der Waals surface area contributed by atoms with E-state index in [1.165, 1.54) is 12.3 Å². The predicted octanol–water partition coefficient (Wildman–Crippen LogP) is 5.33. The van der Waals surface area contributed by atoms with Crippen LogP contribution in [0.2, 0.25) is 0 Å². The number of hydrogen-bond acceptors (Lipinski definition) is 6. The van der Waals surface area contributed by atoms with Gasteiger partial charge in [0.1, 0.15) is 11.5 Å². The summed E-state index contributed by atoms with van der Waals surface area (Å²) in [6.45, 7) is 0. The van der Waals surface area contributed by atoms with Crippen molar-refractivity contribution in [1.29, 1.82) is 0 Å². The van der Waals surface area contributed by atoms with Gasteiger partial charge < -0.3 is 14.8 Å². The molecule has 4 rings (SSSR count). The number of carbonyl (C=O) groups is 3. The molecule has 0 fully saturated rings. The molecule has 8 nitrogen and oxygen atoms in total. The van der Waals surface area contributed by atoms with Gasteiger partial charge in [-0.1, -0.05) is 42.5 Å². The number of esters is 1. The van der Waals surface area contributed by atoms with Crippen molar-refractivity contribution >= 4 is 35.8 Å². The zero-order valence-corrected chi connectivity index (χ0v) is 21.0. The highest BCUT2D eigenvalue weighted by Gasteiger charge is 2.11. The van der Waals surface area contributed by atoms with E-state index in [4.69, 9.17) is 9.47 Å². The number of methoxy groups -OCH3 is 1. The smallest absolute Gasteiger partial charge is 0.343 e. The van der Waals surface area contributed by atoms with Crippen molar-refractivity contribution in [1.82, 2.24) is 5.43 Å². The van der Waals surface area contributed by atoms with Crippen molar-refractivity contribution in [2.45, 2.75) is 0 Å². The summed E-state index contributed by atoms with van der Waals surface area (Å²) in [7, 11) is 1.54. The van der Waals surface area contributed by atoms with Crippen molar-refractivity contribution < 1.29 is 23.9 Å². The fourth-order valence-electron chi connectivity index (χ4n) is 3.42. The van der Waals surface area contributed by atoms with Crippen molar-refractivity contribution in [2.24, 2.45) is 5.10 Å². The Kier molecular flexibility index (Phi) is 8.96. The van der Waals surface area contributed by atoms with Crippen LogP contribution in [0.25, 0.3) is 6.08 Å². The third-order valence-corrected chi connectivity index (χ3v) is 5.46. The third kappa shape index (κ3) is 7.74. The minimum atomic E-state index is -0.537. The maximum absolute atomic E-state index is 12.5. The monoisotopic (exact) mass is 519 g/mol. The summed E-state index contributed by atoms with van der Waals surface area (Å²) < 4.78 is 10.6. The summed E-state index contributed by atoms with van der Waals surface area (Å²) in [5.74, 6) is -0.346. The minimum absolute atomic E-state index is 0.285. The lowest BCUT2D eigenvalue weighted by Crippen LogP contribution is -2.18. The van der Waals surface area contributed by atoms with Gasteiger partial charge in [0, 0.05) is 22.9 Å². The van der Waals surface area contributed by atoms with E-state index in [-0.39, 0.29) is 11.7 Å². The molecule has 8 heteroatoms. The van der Waals surface area contributed by atoms with Gasteiger partial charge in [0.25, 0.3) is 5.91 Å². The fraction of sp³-hybridized carbons (Fsp3) is 0.0323. The Morgan fingerprint density at radius 1 is 0.769 bits per heavy atom. The molecular weight excluding hydrogens is 494 g/mol. The molecule has 0 saturated carbocycles. The van der Waals surface area contributed by atoms with E-state index in [1.54, 1.807) is 86.0 Å². The van der Waals surface area contributed by atoms with Crippen LogP contribution in [0.5, 0.6) is 11.5 Å². The van der Waals surface area contributed by atoms with Gasteiger partial charge in [0.15, 0.2) is 0 Å². The Bertz CT molecular complexity index is 1500. The second-order valence-electron chi connectivity index (χ2n) is 8.17. The van der Waals surface area contributed by atoms with Crippen LogP contribution in [0.1, 0.15) is 31.8 Å². The van der Waals surface area contributed by atoms with Gasteiger partial charge in [0.2, 0.25) is 5.91 Å². The first-order valence-corrected chi connectivity index (χ1v) is 11.9. The number of nitrogens with zero attached hydrogens (tertiary/aromatic N) is 1. The van der Waals surface area contributed by atoms with Crippen LogP contribution < -0.4 is 20.2 Å². The van der Waals surface area contributed by atoms with Gasteiger partial charge in [0.05, 0.1) is 18.9 Å². The van der Waals surface area contributed by atoms with Gasteiger partial charge in [-0.05, 0) is 72.3 Å². The van der Waals surface area contributed by atoms with Crippen LogP contribution >= 0.6 is 0 Å². The van der Waals surface area contributed by atoms with E-state index < -0.39 is 11.9 Å². The number of hydrogen-bond donors (Lipinski definition) is 2. The average molecular weight is 520 g/mol. The fourth-order valence-corrected chi connectivity index (χ4v) is 3.42. The van der Waals surface area contributed by atoms with Crippen molar-refractivity contribution in [3.05, 3.63) is 131 Å². The SMILES string of the molecule is COc1ccc(C(=O)Oc2ccccc2/C=N\NC(=O)c2ccc(NC(=O)/C=C/c3ccccc3)cc2)cc1. The topological polar surface area (TPSA) is 106 Å². The lowest BCUT2D eigenvalue weighted by molar-refractivity contribution is -0.111. The van der Waals surface area contributed by atoms with Crippen LogP contribution in [0, 0.1) is 0 Å². The molecule has 2 amide bonds. The molecule has 0 radical (unpaired) electrons. The Labute approximate surface area is 225 Å². The lowest BCUT2D eigenvalue weighted by atomic mass is 10.2. The van der Waals surface area contributed by atoms with Gasteiger partial charge >= 0.3 is 5.97 Å². The number of rotatable bonds is 9. The van der Waals surface area contributed by atoms with Crippen LogP contribution in [0.4, 0.5) is 5.69 Å². The van der Waals surface area contributed by atoms with Gasteiger partial charge in [-0.2, -0.15) is 5.10 Å². The Morgan fingerprint density at radius 3 is 2.15 bits per heavy atom. The molecule has 0 heterocycles. The molecule has 0 aliphatic heterocycles. The normalized spacial score (nSPS) is 10.8. The second-order valence-corrected chi connectivity index (χ2v) is 8.17. The van der Waals surface area contributed by atoms with E-state index in [0.717, 1.165) is 5.56 Å². The summed E-state index contributed by atoms with van der Waals surface area (Å²) in [5.41, 5.74) is 5.13. The summed E-state index contributed by atoms with van der Waals surface area (Å²) in [4.78, 5) is 37.2. The number of anilines is 1. The molecule has 0 atom stereocenters. The molecule has 4 aromatic carbocycles. The predicted molar refractivity (Wildman–Crippen MR) is 150 cm³/mol. The first-order chi connectivity index (χ1) is 19.0. The highest BCUT2D eigenvalue weighted by molar-refractivity contribution is 6.02. The molecule has 4 aromatic rings. The minimum Gasteiger partial charge on any atom is -0.497 e. The van der Waals surface area contributed by atoms with E-state index in [2.05, 4.69) is 15.8 Å². The molecule has 0 unspecified atom stereocenters. The molecule has 2 N–H and O–H groups in total. The zero-order chi connectivity index (χ0) is 27.5. The average Bonchev–Trinajstić information content (AvgIpc) is 2.98. The number of benzene rings is 4. The number of hydrazone groups is 1. The summed E-state index contributed by atoms with van der Waals surface area (Å²) in [6, 6.07) is 29.3. The molecule has 0 aromatic heterocycles. The highest BCUT2D eigenvalue weighted by Crippen LogP contribution is 2.19. The van der Waals surface area contributed by atoms with Gasteiger partial charge in [-0.15, -0.1) is 0 Å². The van der Waals surface area contributed by atoms with Gasteiger partial charge in [-0.3, -0.25) is 9.59 Å². The standard InChI is InChI=1S/C31H25N3O5/c1-38-27-18-14-24(15-19-27)31(37)39-28-10-6-5-9-25(28)21-32-34-30(36)23-12-16-26(17-13-23)33-29(35)20-11-22-7-3-2-4-8-22/h2-21H,1H3,(H,33,35)(H,34,36)/b20-11+,32-21-. The van der Waals surface area contributed by atoms with Crippen molar-refractivity contribution in [3.8, 4) is 11.5 Å². The highest BCUT2D eigenvalue weighted by atomic mass is 16.5. The third-order valence-electron chi connectivity index (χ3n) is 5.46. The van der Waals surface area contributed by atoms with Crippen LogP contribution in [0.15, 0.2) is 114 Å². The number of para-hydroxylation sites is 1. The van der Waals surface area contributed by atoms with E-state index in [1.807, 2.05) is 30.3 Å². The van der Waals surface area contributed by atoms with E-state index in [0.29, 0.717) is 28.1 Å². The number of carbonyl (C=O) groups excluding carboxylic acids is 3. The Hall–Kier alpha value is -5.50. The van der Waals surface area contributed by atoms with Crippen molar-refractivity contribution in [3.63, 3.8) is 0 Å². The Morgan fingerprint density at radius 2 is 1.44 bits per heavy atom. The summed E-state index contributed by atoms with van der Waals surface area (Å²) in [5, 5.41) is 6.74. The van der Waals surface area contributed by atoms with Crippen molar-refractivity contribution in [2.75, 3.05) is 12.4 Å². The first-order valence-electron chi connectivity index (χ1n) is 11.9. The Balaban J connectivity index is 1.32. The molecule has 0 bridgehead atoms. The molecule has 39 heavy (non-hydrogen) atoms. The molecular formula is C31H25N3O5. The summed E-state index contributed by atoms with van der Waals surface area (Å²) >= 11 is 0. The van der Waals surface area contributed by atoms with Crippen LogP contribution in [0.3, 0.4) is 0 Å². The van der Waals surface area contributed by atoms with E-state index in [9.17, 15) is 14.4 Å². The maximum atomic E-state index is 12.5. The number of nitrogens with one attached hydrogen (secondary N) is 2. The van der Waals surface area contributed by atoms with E-state index >= 15 is 0 Å². The number of amides is 2. The summed E-state index contributed by atoms with van der Waals surface area (Å²) in [6.07, 6.45) is 4.55. The molecule has 0 aliphatic carbocycles. The van der Waals surface area contributed by atoms with Gasteiger partial charge in [-0.25, -0.2) is 10.2 Å². The molecule has 194 valence electrons. The first kappa shape index (κ1) is 26.6. The number of ether oxygens (including phenoxy) is 2. The van der Waals surface area contributed by atoms with Crippen LogP contribution in [-0.4, -0.2) is 31.1 Å². The molecule has 0 saturated heterocycles. The quantitative estimate of drug-likeness (QED) is 0.102. The largest absolute Gasteiger partial charge is 0.497 e.